The summed E-state index contributed by atoms with van der Waals surface area (Å²) in [6.07, 6.45) is 0.920. The molecule has 0 unspecified atom stereocenters. The number of halogens is 1. The second-order valence-corrected chi connectivity index (χ2v) is 4.97. The molecule has 1 aliphatic heterocycles. The van der Waals surface area contributed by atoms with Crippen molar-refractivity contribution in [3.8, 4) is 0 Å². The number of thioether (sulfide) groups is 1. The van der Waals surface area contributed by atoms with Crippen molar-refractivity contribution in [1.29, 1.82) is 0 Å². The molecule has 0 saturated carbocycles. The monoisotopic (exact) mass is 237 g/mol. The average Bonchev–Trinajstić information content (AvgIpc) is 2.37. The van der Waals surface area contributed by atoms with E-state index in [2.05, 4.69) is 24.9 Å². The van der Waals surface area contributed by atoms with Crippen LogP contribution in [-0.2, 0) is 0 Å². The topological polar surface area (TPSA) is 12.4 Å². The highest BCUT2D eigenvalue weighted by Crippen LogP contribution is 2.36. The maximum atomic E-state index is 6.19. The molecule has 0 atom stereocenters. The third-order valence-corrected chi connectivity index (χ3v) is 3.75. The highest BCUT2D eigenvalue weighted by molar-refractivity contribution is 8.03. The maximum absolute atomic E-state index is 6.19. The molecule has 2 rings (SSSR count). The van der Waals surface area contributed by atoms with Gasteiger partial charge in [0.05, 0.1) is 5.70 Å². The van der Waals surface area contributed by atoms with Crippen LogP contribution in [0, 0.1) is 0 Å². The highest BCUT2D eigenvalue weighted by atomic mass is 35.5. The zero-order valence-corrected chi connectivity index (χ0v) is 10.3. The summed E-state index contributed by atoms with van der Waals surface area (Å²) in [6.45, 7) is 4.20. The summed E-state index contributed by atoms with van der Waals surface area (Å²) in [4.78, 5) is 6.88. The molecular weight excluding hydrogens is 226 g/mol. The Morgan fingerprint density at radius 3 is 2.80 bits per heavy atom. The third kappa shape index (κ3) is 2.11. The molecule has 1 nitrogen and oxygen atoms in total. The van der Waals surface area contributed by atoms with E-state index in [9.17, 15) is 0 Å². The van der Waals surface area contributed by atoms with Crippen molar-refractivity contribution >= 4 is 28.5 Å². The molecule has 0 radical (unpaired) electrons. The Bertz CT molecular complexity index is 449. The number of allylic oxidation sites excluding steroid dienone is 2. The first-order valence-corrected chi connectivity index (χ1v) is 6.13. The van der Waals surface area contributed by atoms with E-state index in [0.717, 1.165) is 17.7 Å². The van der Waals surface area contributed by atoms with Crippen molar-refractivity contribution < 1.29 is 0 Å². The Morgan fingerprint density at radius 1 is 1.33 bits per heavy atom. The largest absolute Gasteiger partial charge is 0.240 e. The van der Waals surface area contributed by atoms with Crippen LogP contribution in [0.5, 0.6) is 0 Å². The molecule has 1 aromatic rings. The fourth-order valence-corrected chi connectivity index (χ4v) is 2.92. The number of rotatable bonds is 1. The zero-order valence-electron chi connectivity index (χ0n) is 8.75. The van der Waals surface area contributed by atoms with Gasteiger partial charge in [-0.25, -0.2) is 4.99 Å². The molecule has 1 aromatic carbocycles. The lowest BCUT2D eigenvalue weighted by molar-refractivity contribution is 1.06. The number of nitrogens with zero attached hydrogens (tertiary/aromatic N) is 1. The normalized spacial score (nSPS) is 15.8. The van der Waals surface area contributed by atoms with E-state index in [1.54, 1.807) is 11.8 Å². The second kappa shape index (κ2) is 4.42. The first-order chi connectivity index (χ1) is 7.22. The second-order valence-electron chi connectivity index (χ2n) is 3.36. The highest BCUT2D eigenvalue weighted by Gasteiger charge is 2.14. The van der Waals surface area contributed by atoms with Crippen LogP contribution in [-0.4, -0.2) is 5.17 Å². The van der Waals surface area contributed by atoms with Gasteiger partial charge in [0, 0.05) is 15.4 Å². The van der Waals surface area contributed by atoms with Gasteiger partial charge in [0.15, 0.2) is 0 Å². The lowest BCUT2D eigenvalue weighted by Gasteiger charge is -2.03. The number of benzene rings is 1. The van der Waals surface area contributed by atoms with E-state index in [4.69, 9.17) is 11.6 Å². The summed E-state index contributed by atoms with van der Waals surface area (Å²) >= 11 is 7.94. The quantitative estimate of drug-likeness (QED) is 0.704. The Hall–Kier alpha value is -0.730. The number of fused-ring (bicyclic) bond motifs is 1. The molecule has 0 spiro atoms. The standard InChI is InChI=1S/C12H12ClNS/c1-3-10-8(2)15-11-7-5-4-6-9(11)12(13)14-10/h4-7H,3H2,1-2H3. The predicted molar refractivity (Wildman–Crippen MR) is 67.7 cm³/mol. The van der Waals surface area contributed by atoms with Gasteiger partial charge in [-0.2, -0.15) is 0 Å². The van der Waals surface area contributed by atoms with Crippen LogP contribution in [0.15, 0.2) is 44.8 Å². The maximum Gasteiger partial charge on any atom is 0.137 e. The van der Waals surface area contributed by atoms with Gasteiger partial charge < -0.3 is 0 Å². The minimum absolute atomic E-state index is 0.604. The van der Waals surface area contributed by atoms with Crippen LogP contribution < -0.4 is 0 Å². The molecule has 3 heteroatoms. The Balaban J connectivity index is 2.56. The fraction of sp³-hybridized carbons (Fsp3) is 0.250. The van der Waals surface area contributed by atoms with E-state index in [1.807, 2.05) is 18.2 Å². The van der Waals surface area contributed by atoms with Crippen molar-refractivity contribution in [2.45, 2.75) is 25.2 Å². The lowest BCUT2D eigenvalue weighted by atomic mass is 10.2. The van der Waals surface area contributed by atoms with Gasteiger partial charge in [0.2, 0.25) is 0 Å². The van der Waals surface area contributed by atoms with Crippen LogP contribution in [0.1, 0.15) is 25.8 Å². The molecule has 0 bridgehead atoms. The van der Waals surface area contributed by atoms with Crippen LogP contribution in [0.4, 0.5) is 0 Å². The van der Waals surface area contributed by atoms with Crippen LogP contribution in [0.3, 0.4) is 0 Å². The first-order valence-electron chi connectivity index (χ1n) is 4.93. The van der Waals surface area contributed by atoms with Crippen molar-refractivity contribution in [3.63, 3.8) is 0 Å². The molecule has 15 heavy (non-hydrogen) atoms. The smallest absolute Gasteiger partial charge is 0.137 e. The lowest BCUT2D eigenvalue weighted by Crippen LogP contribution is -1.92. The van der Waals surface area contributed by atoms with Gasteiger partial charge in [-0.3, -0.25) is 0 Å². The molecule has 0 N–H and O–H groups in total. The SMILES string of the molecule is CCC1=C(C)Sc2ccccc2C(Cl)=N1. The summed E-state index contributed by atoms with van der Waals surface area (Å²) in [6, 6.07) is 8.11. The summed E-state index contributed by atoms with van der Waals surface area (Å²) in [7, 11) is 0. The zero-order chi connectivity index (χ0) is 10.8. The molecular formula is C12H12ClNS. The molecule has 78 valence electrons. The van der Waals surface area contributed by atoms with Gasteiger partial charge in [-0.1, -0.05) is 48.5 Å². The van der Waals surface area contributed by atoms with Gasteiger partial charge in [0.25, 0.3) is 0 Å². The van der Waals surface area contributed by atoms with Crippen molar-refractivity contribution in [2.75, 3.05) is 0 Å². The average molecular weight is 238 g/mol. The van der Waals surface area contributed by atoms with Gasteiger partial charge in [-0.05, 0) is 19.4 Å². The van der Waals surface area contributed by atoms with Gasteiger partial charge >= 0.3 is 0 Å². The summed E-state index contributed by atoms with van der Waals surface area (Å²) in [5.74, 6) is 0. The van der Waals surface area contributed by atoms with E-state index >= 15 is 0 Å². The summed E-state index contributed by atoms with van der Waals surface area (Å²) in [5.41, 5.74) is 2.12. The van der Waals surface area contributed by atoms with E-state index in [-0.39, 0.29) is 0 Å². The number of hydrogen-bond acceptors (Lipinski definition) is 2. The van der Waals surface area contributed by atoms with Gasteiger partial charge in [0.1, 0.15) is 5.17 Å². The molecule has 1 heterocycles. The fourth-order valence-electron chi connectivity index (χ4n) is 1.54. The van der Waals surface area contributed by atoms with Crippen molar-refractivity contribution in [3.05, 3.63) is 40.4 Å². The molecule has 0 fully saturated rings. The van der Waals surface area contributed by atoms with Crippen LogP contribution in [0.25, 0.3) is 0 Å². The minimum Gasteiger partial charge on any atom is -0.240 e. The third-order valence-electron chi connectivity index (χ3n) is 2.35. The van der Waals surface area contributed by atoms with E-state index in [1.165, 1.54) is 9.80 Å². The molecule has 0 aromatic heterocycles. The van der Waals surface area contributed by atoms with Gasteiger partial charge in [-0.15, -0.1) is 0 Å². The Kier molecular flexibility index (Phi) is 3.17. The van der Waals surface area contributed by atoms with E-state index in [0.29, 0.717) is 5.17 Å². The molecule has 0 amide bonds. The van der Waals surface area contributed by atoms with Crippen molar-refractivity contribution in [2.24, 2.45) is 4.99 Å². The number of aliphatic imine (C=N–C) groups is 1. The summed E-state index contributed by atoms with van der Waals surface area (Å²) < 4.78 is 0. The van der Waals surface area contributed by atoms with Crippen LogP contribution >= 0.6 is 23.4 Å². The summed E-state index contributed by atoms with van der Waals surface area (Å²) in [5, 5.41) is 0.604. The minimum atomic E-state index is 0.604. The molecule has 1 aliphatic rings. The Morgan fingerprint density at radius 2 is 2.07 bits per heavy atom. The molecule has 0 saturated heterocycles. The van der Waals surface area contributed by atoms with Crippen molar-refractivity contribution in [1.82, 2.24) is 0 Å². The molecule has 0 aliphatic carbocycles. The Labute approximate surface area is 99.2 Å². The van der Waals surface area contributed by atoms with Crippen LogP contribution in [0.2, 0.25) is 0 Å². The van der Waals surface area contributed by atoms with E-state index < -0.39 is 0 Å². The first kappa shape index (κ1) is 10.8. The number of hydrogen-bond donors (Lipinski definition) is 0. The predicted octanol–water partition coefficient (Wildman–Crippen LogP) is 4.42.